The van der Waals surface area contributed by atoms with E-state index in [1.807, 2.05) is 0 Å². The molecule has 3 aromatic rings. The highest BCUT2D eigenvalue weighted by molar-refractivity contribution is 6.30. The van der Waals surface area contributed by atoms with Gasteiger partial charge in [-0.25, -0.2) is 13.8 Å². The molecule has 0 amide bonds. The molecule has 1 aromatic heterocycles. The van der Waals surface area contributed by atoms with Crippen LogP contribution in [0, 0.1) is 11.6 Å². The Morgan fingerprint density at radius 3 is 2.57 bits per heavy atom. The van der Waals surface area contributed by atoms with Crippen molar-refractivity contribution in [1.82, 2.24) is 9.55 Å². The molecule has 0 aliphatic heterocycles. The molecular formula is C15H10Cl2F2N2. The summed E-state index contributed by atoms with van der Waals surface area (Å²) in [5.41, 5.74) is 1.67. The maximum Gasteiger partial charge on any atom is 0.126 e. The van der Waals surface area contributed by atoms with E-state index in [0.717, 1.165) is 0 Å². The van der Waals surface area contributed by atoms with Crippen molar-refractivity contribution in [2.24, 2.45) is 0 Å². The number of imidazole rings is 1. The summed E-state index contributed by atoms with van der Waals surface area (Å²) in [5.74, 6) is 0.137. The number of alkyl halides is 1. The van der Waals surface area contributed by atoms with Crippen LogP contribution >= 0.6 is 23.2 Å². The van der Waals surface area contributed by atoms with E-state index in [0.29, 0.717) is 34.8 Å². The maximum atomic E-state index is 13.6. The Kier molecular flexibility index (Phi) is 3.83. The largest absolute Gasteiger partial charge is 0.296 e. The quantitative estimate of drug-likeness (QED) is 0.636. The summed E-state index contributed by atoms with van der Waals surface area (Å²) in [4.78, 5) is 4.43. The second kappa shape index (κ2) is 5.62. The van der Waals surface area contributed by atoms with Crippen LogP contribution < -0.4 is 0 Å². The van der Waals surface area contributed by atoms with E-state index in [1.165, 1.54) is 24.3 Å². The van der Waals surface area contributed by atoms with Gasteiger partial charge < -0.3 is 0 Å². The van der Waals surface area contributed by atoms with Crippen molar-refractivity contribution in [3.05, 3.63) is 58.9 Å². The molecule has 0 spiro atoms. The summed E-state index contributed by atoms with van der Waals surface area (Å²) in [6.07, 6.45) is 0.478. The first-order chi connectivity index (χ1) is 10.1. The lowest BCUT2D eigenvalue weighted by Crippen LogP contribution is -2.03. The van der Waals surface area contributed by atoms with Crippen LogP contribution in [0.15, 0.2) is 36.4 Å². The molecule has 0 aliphatic carbocycles. The Labute approximate surface area is 129 Å². The fraction of sp³-hybridized carbons (Fsp3) is 0.133. The molecule has 108 valence electrons. The fourth-order valence-corrected chi connectivity index (χ4v) is 2.69. The molecule has 0 bridgehead atoms. The number of aromatic nitrogens is 2. The van der Waals surface area contributed by atoms with Crippen LogP contribution in [0.3, 0.4) is 0 Å². The third kappa shape index (κ3) is 2.74. The van der Waals surface area contributed by atoms with E-state index in [4.69, 9.17) is 23.2 Å². The number of hydrogen-bond acceptors (Lipinski definition) is 1. The lowest BCUT2D eigenvalue weighted by Gasteiger charge is -2.09. The van der Waals surface area contributed by atoms with Crippen molar-refractivity contribution in [1.29, 1.82) is 0 Å². The molecular weight excluding hydrogens is 317 g/mol. The van der Waals surface area contributed by atoms with Crippen molar-refractivity contribution in [3.8, 4) is 5.69 Å². The number of nitrogens with zero attached hydrogens (tertiary/aromatic N) is 2. The summed E-state index contributed by atoms with van der Waals surface area (Å²) in [5, 5.41) is 0.264. The van der Waals surface area contributed by atoms with Crippen LogP contribution in [0.5, 0.6) is 0 Å². The molecule has 0 unspecified atom stereocenters. The molecule has 2 nitrogen and oxygen atoms in total. The first-order valence-corrected chi connectivity index (χ1v) is 7.19. The third-order valence-corrected chi connectivity index (χ3v) is 3.52. The Balaban J connectivity index is 2.32. The van der Waals surface area contributed by atoms with Gasteiger partial charge in [0.25, 0.3) is 0 Å². The molecule has 0 fully saturated rings. The van der Waals surface area contributed by atoms with Gasteiger partial charge in [-0.3, -0.25) is 4.57 Å². The van der Waals surface area contributed by atoms with Gasteiger partial charge in [0.2, 0.25) is 0 Å². The molecule has 21 heavy (non-hydrogen) atoms. The molecule has 6 heteroatoms. The number of halogens is 4. The van der Waals surface area contributed by atoms with E-state index in [2.05, 4.69) is 4.98 Å². The van der Waals surface area contributed by atoms with Crippen LogP contribution in [0.1, 0.15) is 5.82 Å². The Bertz CT molecular complexity index is 795. The summed E-state index contributed by atoms with van der Waals surface area (Å²) < 4.78 is 28.8. The molecule has 2 aromatic carbocycles. The molecule has 0 aliphatic rings. The zero-order chi connectivity index (χ0) is 15.0. The molecule has 3 rings (SSSR count). The fourth-order valence-electron chi connectivity index (χ4n) is 2.31. The monoisotopic (exact) mass is 326 g/mol. The predicted molar refractivity (Wildman–Crippen MR) is 80.4 cm³/mol. The second-order valence-corrected chi connectivity index (χ2v) is 5.38. The van der Waals surface area contributed by atoms with Gasteiger partial charge >= 0.3 is 0 Å². The predicted octanol–water partition coefficient (Wildman–Crippen LogP) is 4.74. The number of benzene rings is 2. The molecule has 0 N–H and O–H groups in total. The van der Waals surface area contributed by atoms with Crippen molar-refractivity contribution in [3.63, 3.8) is 0 Å². The van der Waals surface area contributed by atoms with E-state index in [-0.39, 0.29) is 10.8 Å². The molecule has 1 heterocycles. The highest BCUT2D eigenvalue weighted by atomic mass is 35.5. The number of aryl methyl sites for hydroxylation is 1. The van der Waals surface area contributed by atoms with Crippen LogP contribution in [0.25, 0.3) is 16.7 Å². The van der Waals surface area contributed by atoms with E-state index in [1.54, 1.807) is 16.7 Å². The van der Waals surface area contributed by atoms with Gasteiger partial charge in [-0.1, -0.05) is 11.6 Å². The zero-order valence-corrected chi connectivity index (χ0v) is 12.3. The minimum atomic E-state index is -0.465. The van der Waals surface area contributed by atoms with E-state index >= 15 is 0 Å². The third-order valence-electron chi connectivity index (χ3n) is 3.11. The van der Waals surface area contributed by atoms with Crippen LogP contribution in [-0.4, -0.2) is 15.4 Å². The highest BCUT2D eigenvalue weighted by Gasteiger charge is 2.14. The van der Waals surface area contributed by atoms with Gasteiger partial charge in [0.1, 0.15) is 17.5 Å². The van der Waals surface area contributed by atoms with Crippen molar-refractivity contribution < 1.29 is 8.78 Å². The van der Waals surface area contributed by atoms with Crippen molar-refractivity contribution in [2.45, 2.75) is 6.42 Å². The second-order valence-electron chi connectivity index (χ2n) is 4.56. The minimum Gasteiger partial charge on any atom is -0.296 e. The number of fused-ring (bicyclic) bond motifs is 1. The molecule has 0 atom stereocenters. The van der Waals surface area contributed by atoms with Crippen LogP contribution in [0.2, 0.25) is 5.02 Å². The van der Waals surface area contributed by atoms with Crippen LogP contribution in [0.4, 0.5) is 8.78 Å². The summed E-state index contributed by atoms with van der Waals surface area (Å²) in [6.45, 7) is 0. The normalized spacial score (nSPS) is 11.2. The number of rotatable bonds is 3. The summed E-state index contributed by atoms with van der Waals surface area (Å²) >= 11 is 11.7. The number of hydrogen-bond donors (Lipinski definition) is 0. The van der Waals surface area contributed by atoms with Crippen molar-refractivity contribution in [2.75, 3.05) is 5.88 Å². The first kappa shape index (κ1) is 14.3. The summed E-state index contributed by atoms with van der Waals surface area (Å²) in [6, 6.07) is 8.43. The smallest absolute Gasteiger partial charge is 0.126 e. The lowest BCUT2D eigenvalue weighted by atomic mass is 10.2. The standard InChI is InChI=1S/C15H10Cl2F2N2/c16-4-3-15-20-13-2-1-10(18)8-14(13)21(15)12-6-9(17)5-11(19)7-12/h1-2,5-8H,3-4H2. The molecule has 0 radical (unpaired) electrons. The maximum absolute atomic E-state index is 13.6. The average Bonchev–Trinajstić information content (AvgIpc) is 2.75. The van der Waals surface area contributed by atoms with E-state index < -0.39 is 5.82 Å². The van der Waals surface area contributed by atoms with Gasteiger partial charge in [-0.15, -0.1) is 11.6 Å². The minimum absolute atomic E-state index is 0.264. The lowest BCUT2D eigenvalue weighted by molar-refractivity contribution is 0.626. The van der Waals surface area contributed by atoms with Gasteiger partial charge in [-0.05, 0) is 30.3 Å². The highest BCUT2D eigenvalue weighted by Crippen LogP contribution is 2.25. The van der Waals surface area contributed by atoms with Gasteiger partial charge in [0.15, 0.2) is 0 Å². The summed E-state index contributed by atoms with van der Waals surface area (Å²) in [7, 11) is 0. The first-order valence-electron chi connectivity index (χ1n) is 6.28. The Morgan fingerprint density at radius 1 is 1.05 bits per heavy atom. The average molecular weight is 327 g/mol. The zero-order valence-electron chi connectivity index (χ0n) is 10.8. The van der Waals surface area contributed by atoms with E-state index in [9.17, 15) is 8.78 Å². The SMILES string of the molecule is Fc1cc(Cl)cc(-n2c(CCCl)nc3ccc(F)cc32)c1. The topological polar surface area (TPSA) is 17.8 Å². The Morgan fingerprint density at radius 2 is 1.86 bits per heavy atom. The van der Waals surface area contributed by atoms with Gasteiger partial charge in [-0.2, -0.15) is 0 Å². The van der Waals surface area contributed by atoms with Crippen LogP contribution in [-0.2, 0) is 6.42 Å². The van der Waals surface area contributed by atoms with Crippen molar-refractivity contribution >= 4 is 34.2 Å². The van der Waals surface area contributed by atoms with Gasteiger partial charge in [0, 0.05) is 23.4 Å². The molecule has 0 saturated carbocycles. The van der Waals surface area contributed by atoms with Gasteiger partial charge in [0.05, 0.1) is 16.7 Å². The molecule has 0 saturated heterocycles. The Hall–Kier alpha value is -1.65.